The number of methoxy groups -OCH3 is 2. The minimum atomic E-state index is -0.567. The topological polar surface area (TPSA) is 104 Å². The number of benzene rings is 2. The fourth-order valence-corrected chi connectivity index (χ4v) is 4.59. The smallest absolute Gasteiger partial charge is 0.229 e. The molecule has 1 aliphatic rings. The normalized spacial score (nSPS) is 12.6. The third kappa shape index (κ3) is 3.68. The largest absolute Gasteiger partial charge is 0.497 e. The van der Waals surface area contributed by atoms with Crippen molar-refractivity contribution in [3.63, 3.8) is 0 Å². The van der Waals surface area contributed by atoms with Gasteiger partial charge in [0.2, 0.25) is 5.91 Å². The molecule has 3 N–H and O–H groups in total. The zero-order chi connectivity index (χ0) is 23.8. The predicted molar refractivity (Wildman–Crippen MR) is 127 cm³/mol. The lowest BCUT2D eigenvalue weighted by atomic mass is 10.1. The number of hydrogen-bond acceptors (Lipinski definition) is 6. The Bertz CT molecular complexity index is 1420. The molecule has 0 bridgehead atoms. The number of nitrogens with zero attached hydrogens (tertiary/aromatic N) is 3. The number of aromatic nitrogens is 3. The van der Waals surface area contributed by atoms with E-state index in [1.165, 1.54) is 36.8 Å². The summed E-state index contributed by atoms with van der Waals surface area (Å²) in [5, 5.41) is 2.61. The van der Waals surface area contributed by atoms with E-state index in [1.807, 2.05) is 18.2 Å². The molecule has 8 nitrogen and oxygen atoms in total. The summed E-state index contributed by atoms with van der Waals surface area (Å²) in [4.78, 5) is 21.3. The van der Waals surface area contributed by atoms with Crippen LogP contribution in [-0.2, 0) is 24.1 Å². The van der Waals surface area contributed by atoms with Gasteiger partial charge in [0.1, 0.15) is 29.2 Å². The number of ether oxygens (including phenoxy) is 2. The van der Waals surface area contributed by atoms with Crippen molar-refractivity contribution in [2.75, 3.05) is 25.3 Å². The van der Waals surface area contributed by atoms with Crippen molar-refractivity contribution in [2.45, 2.75) is 25.7 Å². The number of carbonyl (C=O) groups is 1. The van der Waals surface area contributed by atoms with Crippen LogP contribution in [0.25, 0.3) is 16.7 Å². The van der Waals surface area contributed by atoms with Gasteiger partial charge < -0.3 is 25.1 Å². The highest BCUT2D eigenvalue weighted by Crippen LogP contribution is 2.37. The molecule has 5 rings (SSSR count). The molecule has 0 saturated heterocycles. The maximum absolute atomic E-state index is 14.2. The van der Waals surface area contributed by atoms with Gasteiger partial charge in [-0.2, -0.15) is 0 Å². The Morgan fingerprint density at radius 1 is 1.15 bits per heavy atom. The number of amides is 1. The van der Waals surface area contributed by atoms with Gasteiger partial charge in [-0.05, 0) is 43.0 Å². The van der Waals surface area contributed by atoms with Crippen LogP contribution in [0.15, 0.2) is 42.7 Å². The first-order chi connectivity index (χ1) is 16.5. The van der Waals surface area contributed by atoms with Gasteiger partial charge in [0.15, 0.2) is 5.82 Å². The van der Waals surface area contributed by atoms with Gasteiger partial charge in [-0.15, -0.1) is 0 Å². The second-order valence-corrected chi connectivity index (χ2v) is 8.14. The predicted octanol–water partition coefficient (Wildman–Crippen LogP) is 3.83. The maximum Gasteiger partial charge on any atom is 0.229 e. The minimum Gasteiger partial charge on any atom is -0.497 e. The number of halogens is 1. The fraction of sp³-hybridized carbons (Fsp3) is 0.240. The molecule has 2 heterocycles. The number of hydrogen-bond donors (Lipinski definition) is 2. The molecule has 0 fully saturated rings. The van der Waals surface area contributed by atoms with E-state index in [-0.39, 0.29) is 18.0 Å². The molecule has 0 aliphatic heterocycles. The molecule has 2 aromatic carbocycles. The Morgan fingerprint density at radius 2 is 2.00 bits per heavy atom. The first kappa shape index (κ1) is 21.7. The van der Waals surface area contributed by atoms with E-state index in [0.29, 0.717) is 22.9 Å². The van der Waals surface area contributed by atoms with Gasteiger partial charge in [0.25, 0.3) is 0 Å². The third-order valence-corrected chi connectivity index (χ3v) is 6.15. The highest BCUT2D eigenvalue weighted by Gasteiger charge is 2.25. The Hall–Kier alpha value is -4.14. The molecule has 2 aromatic heterocycles. The van der Waals surface area contributed by atoms with Crippen molar-refractivity contribution in [1.82, 2.24) is 14.5 Å². The molecule has 9 heteroatoms. The van der Waals surface area contributed by atoms with E-state index in [4.69, 9.17) is 15.2 Å². The van der Waals surface area contributed by atoms with E-state index in [0.717, 1.165) is 36.0 Å². The van der Waals surface area contributed by atoms with Crippen molar-refractivity contribution in [3.05, 3.63) is 65.4 Å². The van der Waals surface area contributed by atoms with E-state index < -0.39 is 5.82 Å². The van der Waals surface area contributed by atoms with Crippen LogP contribution in [0.1, 0.15) is 23.2 Å². The second-order valence-electron chi connectivity index (χ2n) is 8.14. The number of nitrogens with one attached hydrogen (secondary N) is 1. The first-order valence-corrected chi connectivity index (χ1v) is 10.9. The second kappa shape index (κ2) is 8.66. The van der Waals surface area contributed by atoms with E-state index in [2.05, 4.69) is 19.9 Å². The number of rotatable bonds is 6. The standard InChI is InChI=1S/C25H24FN5O3/c1-33-16-8-9-19(18(26)12-16)30-22(32)10-14-6-7-15(11-21(14)34-2)31-20-5-3-4-17(20)23-24(31)25(27)29-13-28-23/h6-9,11-13H,3-5,10H2,1-2H3,(H,30,32)(H2,27,28,29). The number of fused-ring (bicyclic) bond motifs is 3. The monoisotopic (exact) mass is 461 g/mol. The Kier molecular flexibility index (Phi) is 5.53. The molecule has 0 atom stereocenters. The average Bonchev–Trinajstić information content (AvgIpc) is 3.42. The SMILES string of the molecule is COc1ccc(NC(=O)Cc2ccc(-n3c4c(c5ncnc(N)c53)CCC4)cc2OC)c(F)c1. The van der Waals surface area contributed by atoms with Crippen molar-refractivity contribution in [3.8, 4) is 17.2 Å². The molecular weight excluding hydrogens is 437 g/mol. The zero-order valence-corrected chi connectivity index (χ0v) is 18.9. The van der Waals surface area contributed by atoms with Gasteiger partial charge in [-0.1, -0.05) is 6.07 Å². The van der Waals surface area contributed by atoms with Gasteiger partial charge in [-0.25, -0.2) is 14.4 Å². The summed E-state index contributed by atoms with van der Waals surface area (Å²) in [6.07, 6.45) is 4.44. The summed E-state index contributed by atoms with van der Waals surface area (Å²) in [6.45, 7) is 0. The highest BCUT2D eigenvalue weighted by atomic mass is 19.1. The highest BCUT2D eigenvalue weighted by molar-refractivity contribution is 5.93. The van der Waals surface area contributed by atoms with Crippen LogP contribution >= 0.6 is 0 Å². The number of aryl methyl sites for hydroxylation is 1. The summed E-state index contributed by atoms with van der Waals surface area (Å²) in [5.41, 5.74) is 11.9. The van der Waals surface area contributed by atoms with Crippen LogP contribution in [0.2, 0.25) is 0 Å². The van der Waals surface area contributed by atoms with Crippen molar-refractivity contribution in [2.24, 2.45) is 0 Å². The lowest BCUT2D eigenvalue weighted by Gasteiger charge is -2.15. The number of carbonyl (C=O) groups excluding carboxylic acids is 1. The van der Waals surface area contributed by atoms with E-state index in [9.17, 15) is 9.18 Å². The van der Waals surface area contributed by atoms with Crippen molar-refractivity contribution < 1.29 is 18.7 Å². The first-order valence-electron chi connectivity index (χ1n) is 10.9. The fourth-order valence-electron chi connectivity index (χ4n) is 4.59. The lowest BCUT2D eigenvalue weighted by Crippen LogP contribution is -2.16. The molecule has 0 saturated carbocycles. The van der Waals surface area contributed by atoms with E-state index in [1.54, 1.807) is 13.2 Å². The Balaban J connectivity index is 1.46. The molecule has 0 spiro atoms. The Labute approximate surface area is 195 Å². The Morgan fingerprint density at radius 3 is 2.76 bits per heavy atom. The molecule has 34 heavy (non-hydrogen) atoms. The van der Waals surface area contributed by atoms with Gasteiger partial charge in [0.05, 0.1) is 31.8 Å². The van der Waals surface area contributed by atoms with Crippen LogP contribution in [0.3, 0.4) is 0 Å². The van der Waals surface area contributed by atoms with Crippen LogP contribution in [0.5, 0.6) is 11.5 Å². The summed E-state index contributed by atoms with van der Waals surface area (Å²) >= 11 is 0. The van der Waals surface area contributed by atoms with Crippen molar-refractivity contribution in [1.29, 1.82) is 0 Å². The molecule has 0 radical (unpaired) electrons. The average molecular weight is 461 g/mol. The van der Waals surface area contributed by atoms with Gasteiger partial charge in [0, 0.05) is 29.1 Å². The van der Waals surface area contributed by atoms with Crippen molar-refractivity contribution >= 4 is 28.4 Å². The van der Waals surface area contributed by atoms with Crippen LogP contribution < -0.4 is 20.5 Å². The summed E-state index contributed by atoms with van der Waals surface area (Å²) < 4.78 is 26.9. The number of nitrogens with two attached hydrogens (primary N) is 1. The van der Waals surface area contributed by atoms with Crippen LogP contribution in [0.4, 0.5) is 15.9 Å². The molecule has 1 aliphatic carbocycles. The molecular formula is C25H24FN5O3. The lowest BCUT2D eigenvalue weighted by molar-refractivity contribution is -0.115. The molecule has 4 aromatic rings. The van der Waals surface area contributed by atoms with E-state index >= 15 is 0 Å². The molecule has 1 amide bonds. The third-order valence-electron chi connectivity index (χ3n) is 6.15. The summed E-state index contributed by atoms with van der Waals surface area (Å²) in [5.74, 6) is 0.418. The quantitative estimate of drug-likeness (QED) is 0.452. The molecule has 174 valence electrons. The summed E-state index contributed by atoms with van der Waals surface area (Å²) in [6, 6.07) is 9.91. The maximum atomic E-state index is 14.2. The van der Waals surface area contributed by atoms with Crippen LogP contribution in [0, 0.1) is 5.82 Å². The van der Waals surface area contributed by atoms with Gasteiger partial charge in [-0.3, -0.25) is 4.79 Å². The number of anilines is 2. The molecule has 0 unspecified atom stereocenters. The van der Waals surface area contributed by atoms with Gasteiger partial charge >= 0.3 is 0 Å². The zero-order valence-electron chi connectivity index (χ0n) is 18.9. The summed E-state index contributed by atoms with van der Waals surface area (Å²) in [7, 11) is 3.01. The number of nitrogen functional groups attached to an aromatic ring is 1. The minimum absolute atomic E-state index is 0.0186. The van der Waals surface area contributed by atoms with Crippen LogP contribution in [-0.4, -0.2) is 34.7 Å².